The molecule has 0 aliphatic heterocycles. The molecule has 0 radical (unpaired) electrons. The highest BCUT2D eigenvalue weighted by Crippen LogP contribution is 2.26. The van der Waals surface area contributed by atoms with E-state index in [1.807, 2.05) is 37.3 Å². The molecule has 2 unspecified atom stereocenters. The molecule has 1 aliphatic rings. The Morgan fingerprint density at radius 2 is 1.94 bits per heavy atom. The maximum Gasteiger partial charge on any atom is 0.163 e. The second-order valence-electron chi connectivity index (χ2n) is 5.06. The van der Waals surface area contributed by atoms with E-state index in [9.17, 15) is 4.79 Å². The van der Waals surface area contributed by atoms with E-state index in [-0.39, 0.29) is 17.7 Å². The van der Waals surface area contributed by atoms with Gasteiger partial charge in [0.15, 0.2) is 5.78 Å². The fourth-order valence-corrected chi connectivity index (χ4v) is 2.48. The molecule has 96 valence electrons. The molecule has 2 nitrogen and oxygen atoms in total. The molecule has 0 spiro atoms. The molecule has 18 heavy (non-hydrogen) atoms. The number of rotatable bonds is 4. The minimum absolute atomic E-state index is 0.142. The number of hydrogen-bond donors (Lipinski definition) is 1. The molecule has 2 heteroatoms. The van der Waals surface area contributed by atoms with Gasteiger partial charge in [0.05, 0.1) is 0 Å². The largest absolute Gasteiger partial charge is 0.323 e. The maximum atomic E-state index is 12.4. The zero-order valence-electron chi connectivity index (χ0n) is 10.9. The van der Waals surface area contributed by atoms with Gasteiger partial charge in [0.2, 0.25) is 0 Å². The van der Waals surface area contributed by atoms with Gasteiger partial charge in [-0.3, -0.25) is 4.79 Å². The van der Waals surface area contributed by atoms with Crippen LogP contribution in [0, 0.1) is 5.92 Å². The zero-order chi connectivity index (χ0) is 13.0. The summed E-state index contributed by atoms with van der Waals surface area (Å²) >= 11 is 0. The molecule has 0 heterocycles. The van der Waals surface area contributed by atoms with E-state index in [2.05, 4.69) is 6.08 Å². The van der Waals surface area contributed by atoms with Crippen molar-refractivity contribution in [1.82, 2.24) is 0 Å². The van der Waals surface area contributed by atoms with E-state index in [0.29, 0.717) is 0 Å². The van der Waals surface area contributed by atoms with Crippen LogP contribution in [0.2, 0.25) is 0 Å². The summed E-state index contributed by atoms with van der Waals surface area (Å²) in [6.45, 7) is 1.94. The van der Waals surface area contributed by atoms with Crippen LogP contribution in [0.4, 0.5) is 0 Å². The van der Waals surface area contributed by atoms with Crippen molar-refractivity contribution < 1.29 is 4.79 Å². The second kappa shape index (κ2) is 5.96. The third-order valence-electron chi connectivity index (χ3n) is 3.74. The standard InChI is InChI=1S/C16H21NO/c1-12(15(17)13-8-4-2-5-9-13)16(18)14-10-6-3-7-11-14/h2,4-5,8-10,12,15H,3,6-7,11,17H2,1H3. The summed E-state index contributed by atoms with van der Waals surface area (Å²) in [6.07, 6.45) is 6.39. The first kappa shape index (κ1) is 13.0. The number of nitrogens with two attached hydrogens (primary N) is 1. The summed E-state index contributed by atoms with van der Waals surface area (Å²) in [7, 11) is 0. The lowest BCUT2D eigenvalue weighted by Crippen LogP contribution is -2.27. The average molecular weight is 243 g/mol. The van der Waals surface area contributed by atoms with Crippen molar-refractivity contribution in [2.45, 2.75) is 38.6 Å². The molecule has 0 bridgehead atoms. The molecule has 0 aromatic heterocycles. The molecule has 1 aliphatic carbocycles. The summed E-state index contributed by atoms with van der Waals surface area (Å²) in [5.74, 6) is 0.0859. The smallest absolute Gasteiger partial charge is 0.163 e. The van der Waals surface area contributed by atoms with Crippen molar-refractivity contribution >= 4 is 5.78 Å². The Morgan fingerprint density at radius 1 is 1.22 bits per heavy atom. The SMILES string of the molecule is CC(C(=O)C1=CCCCC1)C(N)c1ccccc1. The Labute approximate surface area is 109 Å². The minimum Gasteiger partial charge on any atom is -0.323 e. The molecule has 1 aromatic carbocycles. The molecule has 0 saturated carbocycles. The van der Waals surface area contributed by atoms with Crippen molar-refractivity contribution in [3.8, 4) is 0 Å². The first-order valence-electron chi connectivity index (χ1n) is 6.74. The molecule has 0 saturated heterocycles. The normalized spacial score (nSPS) is 18.9. The van der Waals surface area contributed by atoms with Crippen molar-refractivity contribution in [1.29, 1.82) is 0 Å². The third kappa shape index (κ3) is 2.88. The van der Waals surface area contributed by atoms with E-state index in [4.69, 9.17) is 5.73 Å². The van der Waals surface area contributed by atoms with Crippen molar-refractivity contribution in [3.63, 3.8) is 0 Å². The summed E-state index contributed by atoms with van der Waals surface area (Å²) in [5, 5.41) is 0. The van der Waals surface area contributed by atoms with E-state index < -0.39 is 0 Å². The summed E-state index contributed by atoms with van der Waals surface area (Å²) in [5.41, 5.74) is 8.22. The predicted molar refractivity (Wildman–Crippen MR) is 74.1 cm³/mol. The van der Waals surface area contributed by atoms with Crippen LogP contribution in [-0.2, 0) is 4.79 Å². The quantitative estimate of drug-likeness (QED) is 0.880. The van der Waals surface area contributed by atoms with Crippen LogP contribution in [0.1, 0.15) is 44.2 Å². The van der Waals surface area contributed by atoms with Gasteiger partial charge in [-0.05, 0) is 36.8 Å². The topological polar surface area (TPSA) is 43.1 Å². The lowest BCUT2D eigenvalue weighted by atomic mass is 9.85. The van der Waals surface area contributed by atoms with Crippen LogP contribution >= 0.6 is 0 Å². The Bertz CT molecular complexity index is 436. The Hall–Kier alpha value is -1.41. The van der Waals surface area contributed by atoms with Crippen LogP contribution in [0.25, 0.3) is 0 Å². The first-order valence-corrected chi connectivity index (χ1v) is 6.74. The molecule has 2 atom stereocenters. The molecule has 2 rings (SSSR count). The Kier molecular flexibility index (Phi) is 4.32. The van der Waals surface area contributed by atoms with Gasteiger partial charge in [0, 0.05) is 12.0 Å². The van der Waals surface area contributed by atoms with E-state index in [1.54, 1.807) is 0 Å². The van der Waals surface area contributed by atoms with Crippen molar-refractivity contribution in [3.05, 3.63) is 47.5 Å². The number of benzene rings is 1. The number of carbonyl (C=O) groups excluding carboxylic acids is 1. The van der Waals surface area contributed by atoms with Crippen molar-refractivity contribution in [2.75, 3.05) is 0 Å². The number of hydrogen-bond acceptors (Lipinski definition) is 2. The van der Waals surface area contributed by atoms with Crippen LogP contribution in [0.3, 0.4) is 0 Å². The molecule has 2 N–H and O–H groups in total. The first-order chi connectivity index (χ1) is 8.70. The molecular formula is C16H21NO. The van der Waals surface area contributed by atoms with Gasteiger partial charge in [-0.15, -0.1) is 0 Å². The van der Waals surface area contributed by atoms with Crippen LogP contribution in [-0.4, -0.2) is 5.78 Å². The van der Waals surface area contributed by atoms with Gasteiger partial charge < -0.3 is 5.73 Å². The molecule has 0 fully saturated rings. The average Bonchev–Trinajstić information content (AvgIpc) is 2.47. The second-order valence-corrected chi connectivity index (χ2v) is 5.06. The van der Waals surface area contributed by atoms with Gasteiger partial charge in [-0.2, -0.15) is 0 Å². The van der Waals surface area contributed by atoms with Gasteiger partial charge in [-0.25, -0.2) is 0 Å². The number of carbonyl (C=O) groups is 1. The van der Waals surface area contributed by atoms with Crippen LogP contribution in [0.15, 0.2) is 42.0 Å². The van der Waals surface area contributed by atoms with Crippen LogP contribution < -0.4 is 5.73 Å². The number of allylic oxidation sites excluding steroid dienone is 2. The summed E-state index contributed by atoms with van der Waals surface area (Å²) in [4.78, 5) is 12.4. The lowest BCUT2D eigenvalue weighted by Gasteiger charge is -2.22. The predicted octanol–water partition coefficient (Wildman–Crippen LogP) is 3.39. The highest BCUT2D eigenvalue weighted by Gasteiger charge is 2.25. The van der Waals surface area contributed by atoms with Gasteiger partial charge in [0.1, 0.15) is 0 Å². The van der Waals surface area contributed by atoms with E-state index in [0.717, 1.165) is 30.4 Å². The van der Waals surface area contributed by atoms with E-state index >= 15 is 0 Å². The maximum absolute atomic E-state index is 12.4. The monoisotopic (exact) mass is 243 g/mol. The number of ketones is 1. The van der Waals surface area contributed by atoms with E-state index in [1.165, 1.54) is 6.42 Å². The summed E-state index contributed by atoms with van der Waals surface area (Å²) < 4.78 is 0. The molecule has 0 amide bonds. The highest BCUT2D eigenvalue weighted by molar-refractivity contribution is 5.97. The zero-order valence-corrected chi connectivity index (χ0v) is 10.9. The number of Topliss-reactive ketones (excluding diaryl/α,β-unsaturated/α-hetero) is 1. The lowest BCUT2D eigenvalue weighted by molar-refractivity contribution is -0.119. The fourth-order valence-electron chi connectivity index (χ4n) is 2.48. The van der Waals surface area contributed by atoms with Gasteiger partial charge in [0.25, 0.3) is 0 Å². The van der Waals surface area contributed by atoms with Crippen LogP contribution in [0.5, 0.6) is 0 Å². The molecule has 1 aromatic rings. The van der Waals surface area contributed by atoms with Crippen molar-refractivity contribution in [2.24, 2.45) is 11.7 Å². The highest BCUT2D eigenvalue weighted by atomic mass is 16.1. The molecular weight excluding hydrogens is 222 g/mol. The Balaban J connectivity index is 2.09. The third-order valence-corrected chi connectivity index (χ3v) is 3.74. The van der Waals surface area contributed by atoms with Gasteiger partial charge in [-0.1, -0.05) is 43.3 Å². The fraction of sp³-hybridized carbons (Fsp3) is 0.438. The minimum atomic E-state index is -0.207. The van der Waals surface area contributed by atoms with Gasteiger partial charge >= 0.3 is 0 Å². The summed E-state index contributed by atoms with van der Waals surface area (Å²) in [6, 6.07) is 9.67. The Morgan fingerprint density at radius 3 is 2.56 bits per heavy atom.